The van der Waals surface area contributed by atoms with Gasteiger partial charge in [-0.2, -0.15) is 0 Å². The smallest absolute Gasteiger partial charge is 0.200 e. The van der Waals surface area contributed by atoms with E-state index in [1.165, 1.54) is 6.26 Å². The first kappa shape index (κ1) is 15.7. The maximum Gasteiger partial charge on any atom is 0.200 e. The van der Waals surface area contributed by atoms with Gasteiger partial charge in [-0.25, -0.2) is 0 Å². The molecule has 0 saturated carbocycles. The van der Waals surface area contributed by atoms with Crippen molar-refractivity contribution in [1.82, 2.24) is 0 Å². The van der Waals surface area contributed by atoms with Gasteiger partial charge in [0.25, 0.3) is 0 Å². The van der Waals surface area contributed by atoms with Crippen molar-refractivity contribution >= 4 is 11.0 Å². The van der Waals surface area contributed by atoms with Crippen LogP contribution in [-0.2, 0) is 4.74 Å². The maximum absolute atomic E-state index is 12.7. The molecular weight excluding hydrogens is 320 g/mol. The predicted molar refractivity (Wildman–Crippen MR) is 93.8 cm³/mol. The van der Waals surface area contributed by atoms with Gasteiger partial charge in [0, 0.05) is 12.5 Å². The summed E-state index contributed by atoms with van der Waals surface area (Å²) in [6.45, 7) is 0.712. The molecule has 0 radical (unpaired) electrons. The van der Waals surface area contributed by atoms with Crippen LogP contribution in [0.2, 0.25) is 0 Å². The van der Waals surface area contributed by atoms with E-state index in [0.717, 1.165) is 19.3 Å². The lowest BCUT2D eigenvalue weighted by atomic mass is 10.1. The number of benzene rings is 2. The lowest BCUT2D eigenvalue weighted by Crippen LogP contribution is -2.24. The van der Waals surface area contributed by atoms with E-state index in [4.69, 9.17) is 13.9 Å². The van der Waals surface area contributed by atoms with Gasteiger partial charge in [0.2, 0.25) is 0 Å². The van der Waals surface area contributed by atoms with Crippen LogP contribution in [0, 0.1) is 0 Å². The number of ether oxygens (including phenoxy) is 2. The second-order valence-electron chi connectivity index (χ2n) is 6.10. The molecule has 0 amide bonds. The Hall–Kier alpha value is -2.79. The molecule has 0 aliphatic carbocycles. The minimum atomic E-state index is -0.241. The molecule has 3 aromatic rings. The van der Waals surface area contributed by atoms with Crippen molar-refractivity contribution in [3.8, 4) is 22.6 Å². The topological polar surface area (TPSA) is 68.9 Å². The molecule has 1 fully saturated rings. The molecule has 128 valence electrons. The third kappa shape index (κ3) is 3.23. The first-order chi connectivity index (χ1) is 12.2. The summed E-state index contributed by atoms with van der Waals surface area (Å²) in [6.07, 6.45) is 4.21. The minimum absolute atomic E-state index is 0.118. The van der Waals surface area contributed by atoms with Crippen LogP contribution >= 0.6 is 0 Å². The number of rotatable bonds is 3. The van der Waals surface area contributed by atoms with E-state index in [-0.39, 0.29) is 17.5 Å². The van der Waals surface area contributed by atoms with Crippen LogP contribution in [0.5, 0.6) is 11.5 Å². The van der Waals surface area contributed by atoms with Gasteiger partial charge in [0.1, 0.15) is 23.3 Å². The molecule has 25 heavy (non-hydrogen) atoms. The highest BCUT2D eigenvalue weighted by Crippen LogP contribution is 2.26. The molecule has 1 atom stereocenters. The lowest BCUT2D eigenvalue weighted by molar-refractivity contribution is -0.105. The molecule has 1 N–H and O–H groups in total. The normalized spacial score (nSPS) is 17.5. The highest BCUT2D eigenvalue weighted by Gasteiger charge is 2.16. The highest BCUT2D eigenvalue weighted by atomic mass is 16.7. The zero-order chi connectivity index (χ0) is 17.2. The third-order valence-electron chi connectivity index (χ3n) is 4.33. The van der Waals surface area contributed by atoms with Crippen LogP contribution in [-0.4, -0.2) is 18.0 Å². The van der Waals surface area contributed by atoms with Crippen LogP contribution in [0.15, 0.2) is 57.9 Å². The van der Waals surface area contributed by atoms with Crippen molar-refractivity contribution in [1.29, 1.82) is 0 Å². The van der Waals surface area contributed by atoms with Gasteiger partial charge in [0.15, 0.2) is 11.7 Å². The number of aromatic hydroxyl groups is 1. The van der Waals surface area contributed by atoms with Gasteiger partial charge < -0.3 is 19.0 Å². The van der Waals surface area contributed by atoms with E-state index in [9.17, 15) is 9.90 Å². The fraction of sp³-hybridized carbons (Fsp3) is 0.250. The molecule has 1 aliphatic heterocycles. The molecule has 0 spiro atoms. The molecule has 4 rings (SSSR count). The Morgan fingerprint density at radius 2 is 1.92 bits per heavy atom. The summed E-state index contributed by atoms with van der Waals surface area (Å²) < 4.78 is 17.0. The van der Waals surface area contributed by atoms with E-state index >= 15 is 0 Å². The Kier molecular flexibility index (Phi) is 4.15. The average Bonchev–Trinajstić information content (AvgIpc) is 2.64. The molecule has 0 bridgehead atoms. The maximum atomic E-state index is 12.7. The molecule has 1 saturated heterocycles. The van der Waals surface area contributed by atoms with Gasteiger partial charge in [-0.15, -0.1) is 0 Å². The Labute approximate surface area is 144 Å². The summed E-state index contributed by atoms with van der Waals surface area (Å²) in [7, 11) is 0. The SMILES string of the molecule is O=c1c(-c2ccc(O)cc2)coc2cc(OC3CCCCO3)ccc12. The van der Waals surface area contributed by atoms with Crippen molar-refractivity contribution in [2.24, 2.45) is 0 Å². The summed E-state index contributed by atoms with van der Waals surface area (Å²) in [4.78, 5) is 12.7. The van der Waals surface area contributed by atoms with Crippen molar-refractivity contribution in [3.63, 3.8) is 0 Å². The van der Waals surface area contributed by atoms with E-state index in [2.05, 4.69) is 0 Å². The van der Waals surface area contributed by atoms with Crippen LogP contribution < -0.4 is 10.2 Å². The molecule has 2 aromatic carbocycles. The minimum Gasteiger partial charge on any atom is -0.508 e. The van der Waals surface area contributed by atoms with Gasteiger partial charge in [0.05, 0.1) is 17.6 Å². The van der Waals surface area contributed by atoms with Gasteiger partial charge in [-0.1, -0.05) is 12.1 Å². The highest BCUT2D eigenvalue weighted by molar-refractivity contribution is 5.82. The van der Waals surface area contributed by atoms with E-state index in [1.807, 2.05) is 0 Å². The molecule has 1 unspecified atom stereocenters. The first-order valence-corrected chi connectivity index (χ1v) is 8.34. The van der Waals surface area contributed by atoms with Crippen LogP contribution in [0.25, 0.3) is 22.1 Å². The monoisotopic (exact) mass is 338 g/mol. The average molecular weight is 338 g/mol. The van der Waals surface area contributed by atoms with Gasteiger partial charge in [-0.3, -0.25) is 4.79 Å². The third-order valence-corrected chi connectivity index (χ3v) is 4.33. The summed E-state index contributed by atoms with van der Waals surface area (Å²) in [5.74, 6) is 0.778. The predicted octanol–water partition coefficient (Wildman–Crippen LogP) is 4.07. The zero-order valence-corrected chi connectivity index (χ0v) is 13.6. The molecule has 2 heterocycles. The summed E-state index contributed by atoms with van der Waals surface area (Å²) in [5.41, 5.74) is 1.51. The van der Waals surface area contributed by atoms with Crippen molar-refractivity contribution in [2.45, 2.75) is 25.6 Å². The standard InChI is InChI=1S/C20H18O5/c21-14-6-4-13(5-7-14)17-12-24-18-11-15(8-9-16(18)20(17)22)25-19-3-1-2-10-23-19/h4-9,11-12,19,21H,1-3,10H2. The molecule has 1 aliphatic rings. The zero-order valence-electron chi connectivity index (χ0n) is 13.6. The lowest BCUT2D eigenvalue weighted by Gasteiger charge is -2.23. The molecule has 1 aromatic heterocycles. The number of hydrogen-bond donors (Lipinski definition) is 1. The fourth-order valence-corrected chi connectivity index (χ4v) is 2.98. The molecular formula is C20H18O5. The van der Waals surface area contributed by atoms with E-state index in [1.54, 1.807) is 42.5 Å². The second kappa shape index (κ2) is 6.61. The van der Waals surface area contributed by atoms with Crippen molar-refractivity contribution < 1.29 is 19.0 Å². The molecule has 5 heteroatoms. The van der Waals surface area contributed by atoms with Crippen LogP contribution in [0.4, 0.5) is 0 Å². The largest absolute Gasteiger partial charge is 0.508 e. The van der Waals surface area contributed by atoms with Gasteiger partial charge in [-0.05, 0) is 42.7 Å². The van der Waals surface area contributed by atoms with Crippen LogP contribution in [0.3, 0.4) is 0 Å². The summed E-state index contributed by atoms with van der Waals surface area (Å²) >= 11 is 0. The number of fused-ring (bicyclic) bond motifs is 1. The van der Waals surface area contributed by atoms with Crippen molar-refractivity contribution in [2.75, 3.05) is 6.61 Å². The van der Waals surface area contributed by atoms with Crippen molar-refractivity contribution in [3.05, 3.63) is 59.0 Å². The summed E-state index contributed by atoms with van der Waals surface area (Å²) in [5, 5.41) is 9.87. The number of phenols is 1. The van der Waals surface area contributed by atoms with E-state index in [0.29, 0.717) is 34.5 Å². The number of phenolic OH excluding ortho intramolecular Hbond substituents is 1. The Morgan fingerprint density at radius 1 is 1.08 bits per heavy atom. The Bertz CT molecular complexity index is 936. The quantitative estimate of drug-likeness (QED) is 0.779. The Morgan fingerprint density at radius 3 is 2.68 bits per heavy atom. The van der Waals surface area contributed by atoms with Gasteiger partial charge >= 0.3 is 0 Å². The Balaban J connectivity index is 1.67. The molecule has 5 nitrogen and oxygen atoms in total. The van der Waals surface area contributed by atoms with Crippen LogP contribution in [0.1, 0.15) is 19.3 Å². The van der Waals surface area contributed by atoms with E-state index < -0.39 is 0 Å². The summed E-state index contributed by atoms with van der Waals surface area (Å²) in [6, 6.07) is 11.6. The second-order valence-corrected chi connectivity index (χ2v) is 6.10. The first-order valence-electron chi connectivity index (χ1n) is 8.34. The fourth-order valence-electron chi connectivity index (χ4n) is 2.98. The number of hydrogen-bond acceptors (Lipinski definition) is 5.